The Hall–Kier alpha value is -1.67. The summed E-state index contributed by atoms with van der Waals surface area (Å²) in [7, 11) is 0. The van der Waals surface area contributed by atoms with Gasteiger partial charge in [-0.2, -0.15) is 0 Å². The summed E-state index contributed by atoms with van der Waals surface area (Å²) < 4.78 is 0. The van der Waals surface area contributed by atoms with Crippen molar-refractivity contribution < 1.29 is 0 Å². The van der Waals surface area contributed by atoms with Gasteiger partial charge >= 0.3 is 0 Å². The summed E-state index contributed by atoms with van der Waals surface area (Å²) in [5.74, 6) is 0. The van der Waals surface area contributed by atoms with Crippen molar-refractivity contribution in [1.29, 1.82) is 0 Å². The van der Waals surface area contributed by atoms with Crippen LogP contribution in [0.25, 0.3) is 10.9 Å². The van der Waals surface area contributed by atoms with Crippen LogP contribution in [0.4, 0.5) is 0 Å². The molecule has 0 atom stereocenters. The molecule has 0 amide bonds. The van der Waals surface area contributed by atoms with Gasteiger partial charge in [0.2, 0.25) is 0 Å². The molecule has 0 aliphatic rings. The summed E-state index contributed by atoms with van der Waals surface area (Å²) in [6.45, 7) is 4.42. The maximum Gasteiger partial charge on any atom is 0.0498 e. The molecule has 1 nitrogen and oxygen atoms in total. The van der Waals surface area contributed by atoms with Crippen molar-refractivity contribution in [3.05, 3.63) is 59.8 Å². The van der Waals surface area contributed by atoms with Crippen LogP contribution in [-0.2, 0) is 12.8 Å². The Kier molecular flexibility index (Phi) is 3.83. The first-order chi connectivity index (χ1) is 9.83. The Morgan fingerprint density at radius 2 is 1.60 bits per heavy atom. The molecule has 0 bridgehead atoms. The van der Waals surface area contributed by atoms with Gasteiger partial charge in [-0.1, -0.05) is 62.0 Å². The summed E-state index contributed by atoms with van der Waals surface area (Å²) >= 11 is 1.86. The number of hydrogen-bond donors (Lipinski definition) is 1. The highest BCUT2D eigenvalue weighted by Gasteiger charge is 2.09. The van der Waals surface area contributed by atoms with Crippen LogP contribution in [0.5, 0.6) is 0 Å². The molecule has 0 aliphatic carbocycles. The lowest BCUT2D eigenvalue weighted by molar-refractivity contribution is 1.08. The smallest absolute Gasteiger partial charge is 0.0498 e. The summed E-state index contributed by atoms with van der Waals surface area (Å²) in [5, 5.41) is 1.33. The van der Waals surface area contributed by atoms with Gasteiger partial charge in [0.15, 0.2) is 0 Å². The Morgan fingerprint density at radius 1 is 0.850 bits per heavy atom. The van der Waals surface area contributed by atoms with Crippen LogP contribution >= 0.6 is 11.8 Å². The maximum atomic E-state index is 3.44. The van der Waals surface area contributed by atoms with Crippen molar-refractivity contribution in [2.75, 3.05) is 0 Å². The molecule has 2 aromatic carbocycles. The van der Waals surface area contributed by atoms with Gasteiger partial charge in [-0.3, -0.25) is 0 Å². The average Bonchev–Trinajstić information content (AvgIpc) is 2.91. The fraction of sp³-hybridized carbons (Fsp3) is 0.222. The van der Waals surface area contributed by atoms with E-state index in [1.807, 2.05) is 11.8 Å². The van der Waals surface area contributed by atoms with Crippen molar-refractivity contribution >= 4 is 22.7 Å². The lowest BCUT2D eigenvalue weighted by Crippen LogP contribution is -1.84. The summed E-state index contributed by atoms with van der Waals surface area (Å²) in [6.07, 6.45) is 4.28. The van der Waals surface area contributed by atoms with Gasteiger partial charge < -0.3 is 4.98 Å². The first-order valence-electron chi connectivity index (χ1n) is 7.18. The van der Waals surface area contributed by atoms with E-state index >= 15 is 0 Å². The van der Waals surface area contributed by atoms with Gasteiger partial charge in [-0.05, 0) is 30.0 Å². The Bertz CT molecular complexity index is 727. The van der Waals surface area contributed by atoms with Crippen molar-refractivity contribution in [3.8, 4) is 0 Å². The molecular weight excluding hydrogens is 262 g/mol. The molecule has 20 heavy (non-hydrogen) atoms. The SMILES string of the molecule is CCc1ccccc1Sc1c[nH]c2c(CC)cccc12. The second-order valence-electron chi connectivity index (χ2n) is 4.91. The van der Waals surface area contributed by atoms with E-state index < -0.39 is 0 Å². The zero-order valence-electron chi connectivity index (χ0n) is 11.9. The lowest BCUT2D eigenvalue weighted by atomic mass is 10.1. The maximum absolute atomic E-state index is 3.44. The first kappa shape index (κ1) is 13.3. The number of nitrogens with one attached hydrogen (secondary N) is 1. The minimum Gasteiger partial charge on any atom is -0.360 e. The van der Waals surface area contributed by atoms with Crippen LogP contribution in [-0.4, -0.2) is 4.98 Å². The lowest BCUT2D eigenvalue weighted by Gasteiger charge is -2.06. The van der Waals surface area contributed by atoms with Gasteiger partial charge in [-0.25, -0.2) is 0 Å². The fourth-order valence-corrected chi connectivity index (χ4v) is 3.71. The quantitative estimate of drug-likeness (QED) is 0.673. The molecule has 0 aliphatic heterocycles. The first-order valence-corrected chi connectivity index (χ1v) is 7.99. The van der Waals surface area contributed by atoms with Crippen molar-refractivity contribution in [2.24, 2.45) is 0 Å². The van der Waals surface area contributed by atoms with Crippen LogP contribution in [0.2, 0.25) is 0 Å². The normalized spacial score (nSPS) is 11.1. The van der Waals surface area contributed by atoms with Gasteiger partial charge in [0, 0.05) is 26.9 Å². The molecule has 2 heteroatoms. The van der Waals surface area contributed by atoms with Crippen molar-refractivity contribution in [3.63, 3.8) is 0 Å². The summed E-state index contributed by atoms with van der Waals surface area (Å²) in [5.41, 5.74) is 4.09. The Morgan fingerprint density at radius 3 is 2.40 bits per heavy atom. The Balaban J connectivity index is 2.03. The number of aryl methyl sites for hydroxylation is 2. The van der Waals surface area contributed by atoms with Crippen LogP contribution < -0.4 is 0 Å². The fourth-order valence-electron chi connectivity index (χ4n) is 2.58. The van der Waals surface area contributed by atoms with E-state index in [9.17, 15) is 0 Å². The summed E-state index contributed by atoms with van der Waals surface area (Å²) in [6, 6.07) is 15.2. The minimum absolute atomic E-state index is 1.06. The topological polar surface area (TPSA) is 15.8 Å². The van der Waals surface area contributed by atoms with E-state index in [2.05, 4.69) is 67.5 Å². The molecule has 0 unspecified atom stereocenters. The van der Waals surface area contributed by atoms with Crippen molar-refractivity contribution in [2.45, 2.75) is 36.5 Å². The molecule has 0 fully saturated rings. The molecule has 0 spiro atoms. The zero-order valence-corrected chi connectivity index (χ0v) is 12.8. The molecule has 0 radical (unpaired) electrons. The van der Waals surface area contributed by atoms with E-state index in [0.29, 0.717) is 0 Å². The van der Waals surface area contributed by atoms with Crippen LogP contribution in [0.15, 0.2) is 58.5 Å². The second-order valence-corrected chi connectivity index (χ2v) is 5.99. The molecule has 1 N–H and O–H groups in total. The number of fused-ring (bicyclic) bond motifs is 1. The minimum atomic E-state index is 1.06. The number of H-pyrrole nitrogens is 1. The molecule has 1 heterocycles. The highest BCUT2D eigenvalue weighted by molar-refractivity contribution is 7.99. The highest BCUT2D eigenvalue weighted by Crippen LogP contribution is 2.36. The number of aromatic nitrogens is 1. The third-order valence-electron chi connectivity index (χ3n) is 3.72. The number of benzene rings is 2. The Labute approximate surface area is 124 Å². The van der Waals surface area contributed by atoms with Crippen LogP contribution in [0.1, 0.15) is 25.0 Å². The average molecular weight is 281 g/mol. The standard InChI is InChI=1S/C18H19NS/c1-3-13-8-5-6-11-16(13)20-17-12-19-18-14(4-2)9-7-10-15(17)18/h5-12,19H,3-4H2,1-2H3. The molecule has 1 aromatic heterocycles. The predicted octanol–water partition coefficient (Wildman–Crippen LogP) is 5.44. The molecular formula is C18H19NS. The number of rotatable bonds is 4. The monoisotopic (exact) mass is 281 g/mol. The second kappa shape index (κ2) is 5.76. The van der Waals surface area contributed by atoms with Gasteiger partial charge in [0.1, 0.15) is 0 Å². The van der Waals surface area contributed by atoms with E-state index in [4.69, 9.17) is 0 Å². The largest absolute Gasteiger partial charge is 0.360 e. The van der Waals surface area contributed by atoms with E-state index in [0.717, 1.165) is 12.8 Å². The number of hydrogen-bond acceptors (Lipinski definition) is 1. The van der Waals surface area contributed by atoms with Gasteiger partial charge in [0.05, 0.1) is 0 Å². The molecule has 3 aromatic rings. The molecule has 102 valence electrons. The van der Waals surface area contributed by atoms with Crippen LogP contribution in [0, 0.1) is 0 Å². The van der Waals surface area contributed by atoms with Gasteiger partial charge in [0.25, 0.3) is 0 Å². The predicted molar refractivity (Wildman–Crippen MR) is 87.6 cm³/mol. The molecule has 3 rings (SSSR count). The number of aromatic amines is 1. The third kappa shape index (κ3) is 2.36. The molecule has 0 saturated carbocycles. The highest BCUT2D eigenvalue weighted by atomic mass is 32.2. The van der Waals surface area contributed by atoms with Crippen molar-refractivity contribution in [1.82, 2.24) is 4.98 Å². The van der Waals surface area contributed by atoms with E-state index in [1.165, 1.54) is 31.8 Å². The molecule has 0 saturated heterocycles. The van der Waals surface area contributed by atoms with Gasteiger partial charge in [-0.15, -0.1) is 0 Å². The zero-order chi connectivity index (χ0) is 13.9. The number of para-hydroxylation sites is 1. The summed E-state index contributed by atoms with van der Waals surface area (Å²) in [4.78, 5) is 6.12. The van der Waals surface area contributed by atoms with E-state index in [1.54, 1.807) is 0 Å². The van der Waals surface area contributed by atoms with Crippen LogP contribution in [0.3, 0.4) is 0 Å². The van der Waals surface area contributed by atoms with E-state index in [-0.39, 0.29) is 0 Å². The third-order valence-corrected chi connectivity index (χ3v) is 4.89.